The van der Waals surface area contributed by atoms with E-state index in [0.29, 0.717) is 42.4 Å². The summed E-state index contributed by atoms with van der Waals surface area (Å²) in [5, 5.41) is 5.81. The van der Waals surface area contributed by atoms with Gasteiger partial charge < -0.3 is 25.0 Å². The number of amides is 3. The highest BCUT2D eigenvalue weighted by atomic mass is 35.5. The highest BCUT2D eigenvalue weighted by Gasteiger charge is 2.28. The van der Waals surface area contributed by atoms with Crippen molar-refractivity contribution in [3.8, 4) is 5.75 Å². The maximum absolute atomic E-state index is 12.3. The molecule has 8 nitrogen and oxygen atoms in total. The van der Waals surface area contributed by atoms with Gasteiger partial charge in [-0.25, -0.2) is 4.79 Å². The summed E-state index contributed by atoms with van der Waals surface area (Å²) in [5.41, 5.74) is 1.20. The molecule has 164 valence electrons. The van der Waals surface area contributed by atoms with E-state index in [-0.39, 0.29) is 11.9 Å². The van der Waals surface area contributed by atoms with Gasteiger partial charge in [-0.05, 0) is 43.2 Å². The Hall–Kier alpha value is -3.26. The quantitative estimate of drug-likeness (QED) is 0.659. The number of methoxy groups -OCH3 is 1. The molecule has 1 heterocycles. The number of nitrogens with zero attached hydrogens (tertiary/aromatic N) is 1. The number of esters is 1. The zero-order valence-corrected chi connectivity index (χ0v) is 17.9. The lowest BCUT2D eigenvalue weighted by atomic mass is 9.97. The molecule has 0 bridgehead atoms. The Labute approximate surface area is 185 Å². The van der Waals surface area contributed by atoms with Crippen molar-refractivity contribution >= 4 is 40.9 Å². The number of carbonyl (C=O) groups excluding carboxylic acids is 3. The summed E-state index contributed by atoms with van der Waals surface area (Å²) in [7, 11) is 1.50. The molecular formula is C22H24ClN3O5. The zero-order valence-electron chi connectivity index (χ0n) is 17.1. The van der Waals surface area contributed by atoms with E-state index in [2.05, 4.69) is 10.6 Å². The van der Waals surface area contributed by atoms with Gasteiger partial charge in [-0.1, -0.05) is 29.8 Å². The van der Waals surface area contributed by atoms with Gasteiger partial charge in [-0.3, -0.25) is 9.59 Å². The molecule has 0 saturated carbocycles. The van der Waals surface area contributed by atoms with Crippen LogP contribution in [0.25, 0.3) is 0 Å². The van der Waals surface area contributed by atoms with E-state index in [1.807, 2.05) is 30.3 Å². The fourth-order valence-corrected chi connectivity index (χ4v) is 3.50. The number of rotatable bonds is 6. The fraction of sp³-hybridized carbons (Fsp3) is 0.318. The molecule has 3 rings (SSSR count). The third-order valence-electron chi connectivity index (χ3n) is 4.92. The predicted molar refractivity (Wildman–Crippen MR) is 117 cm³/mol. The fourth-order valence-electron chi connectivity index (χ4n) is 3.24. The Kier molecular flexibility index (Phi) is 7.72. The molecule has 3 amide bonds. The van der Waals surface area contributed by atoms with Crippen molar-refractivity contribution in [2.75, 3.05) is 37.4 Å². The molecule has 0 spiro atoms. The number of likely N-dealkylation sites (tertiary alicyclic amines) is 1. The van der Waals surface area contributed by atoms with Gasteiger partial charge in [0, 0.05) is 24.5 Å². The third-order valence-corrected chi connectivity index (χ3v) is 5.22. The van der Waals surface area contributed by atoms with Crippen molar-refractivity contribution in [3.05, 3.63) is 53.6 Å². The number of piperidine rings is 1. The van der Waals surface area contributed by atoms with E-state index >= 15 is 0 Å². The lowest BCUT2D eigenvalue weighted by Gasteiger charge is -2.30. The number of anilines is 2. The minimum Gasteiger partial charge on any atom is -0.495 e. The predicted octanol–water partition coefficient (Wildman–Crippen LogP) is 3.77. The van der Waals surface area contributed by atoms with E-state index in [1.165, 1.54) is 7.11 Å². The smallest absolute Gasteiger partial charge is 0.321 e. The minimum atomic E-state index is -0.464. The van der Waals surface area contributed by atoms with Crippen LogP contribution >= 0.6 is 11.6 Å². The second-order valence-electron chi connectivity index (χ2n) is 7.06. The second-order valence-corrected chi connectivity index (χ2v) is 7.47. The molecule has 1 saturated heterocycles. The number of benzene rings is 2. The molecule has 0 radical (unpaired) electrons. The highest BCUT2D eigenvalue weighted by Crippen LogP contribution is 2.27. The van der Waals surface area contributed by atoms with Crippen molar-refractivity contribution in [1.29, 1.82) is 0 Å². The van der Waals surface area contributed by atoms with E-state index in [0.717, 1.165) is 5.69 Å². The normalized spacial score (nSPS) is 13.9. The summed E-state index contributed by atoms with van der Waals surface area (Å²) in [5.74, 6) is -0.751. The van der Waals surface area contributed by atoms with Crippen molar-refractivity contribution in [2.45, 2.75) is 12.8 Å². The topological polar surface area (TPSA) is 97.0 Å². The van der Waals surface area contributed by atoms with E-state index < -0.39 is 18.5 Å². The number of nitrogens with one attached hydrogen (secondary N) is 2. The lowest BCUT2D eigenvalue weighted by molar-refractivity contribution is -0.152. The molecule has 0 aromatic heterocycles. The molecule has 0 unspecified atom stereocenters. The highest BCUT2D eigenvalue weighted by molar-refractivity contribution is 6.32. The van der Waals surface area contributed by atoms with Crippen LogP contribution in [-0.4, -0.2) is 49.6 Å². The summed E-state index contributed by atoms with van der Waals surface area (Å²) in [6.07, 6.45) is 0.966. The minimum absolute atomic E-state index is 0.199. The molecule has 0 aliphatic carbocycles. The summed E-state index contributed by atoms with van der Waals surface area (Å²) < 4.78 is 10.2. The van der Waals surface area contributed by atoms with Crippen LogP contribution in [0.2, 0.25) is 5.02 Å². The largest absolute Gasteiger partial charge is 0.495 e. The van der Waals surface area contributed by atoms with E-state index in [1.54, 1.807) is 23.1 Å². The number of halogens is 1. The van der Waals surface area contributed by atoms with Crippen LogP contribution in [0.15, 0.2) is 48.5 Å². The number of hydrogen-bond donors (Lipinski definition) is 2. The Balaban J connectivity index is 1.40. The molecule has 1 aliphatic heterocycles. The van der Waals surface area contributed by atoms with Crippen LogP contribution in [0.1, 0.15) is 12.8 Å². The zero-order chi connectivity index (χ0) is 22.2. The van der Waals surface area contributed by atoms with Crippen molar-refractivity contribution in [3.63, 3.8) is 0 Å². The summed E-state index contributed by atoms with van der Waals surface area (Å²) in [6, 6.07) is 13.8. The SMILES string of the molecule is COc1ccc(NC(=O)COC(=O)C2CCN(C(=O)Nc3ccccc3)CC2)cc1Cl. The van der Waals surface area contributed by atoms with Crippen molar-refractivity contribution < 1.29 is 23.9 Å². The maximum Gasteiger partial charge on any atom is 0.321 e. The molecule has 2 aromatic carbocycles. The standard InChI is InChI=1S/C22H24ClN3O5/c1-30-19-8-7-17(13-18(19)23)24-20(27)14-31-21(28)15-9-11-26(12-10-15)22(29)25-16-5-3-2-4-6-16/h2-8,13,15H,9-12,14H2,1H3,(H,24,27)(H,25,29). The molecule has 1 fully saturated rings. The number of para-hydroxylation sites is 1. The van der Waals surface area contributed by atoms with Crippen LogP contribution in [0.5, 0.6) is 5.75 Å². The average Bonchev–Trinajstić information content (AvgIpc) is 2.78. The Bertz CT molecular complexity index is 930. The third kappa shape index (κ3) is 6.36. The number of urea groups is 1. The first kappa shape index (κ1) is 22.4. The molecule has 2 aromatic rings. The number of ether oxygens (including phenoxy) is 2. The van der Waals surface area contributed by atoms with Crippen LogP contribution in [0.4, 0.5) is 16.2 Å². The summed E-state index contributed by atoms with van der Waals surface area (Å²) in [4.78, 5) is 38.3. The molecule has 0 atom stereocenters. The average molecular weight is 446 g/mol. The molecule has 9 heteroatoms. The van der Waals surface area contributed by atoms with Gasteiger partial charge in [0.25, 0.3) is 5.91 Å². The van der Waals surface area contributed by atoms with Crippen LogP contribution in [0.3, 0.4) is 0 Å². The van der Waals surface area contributed by atoms with Crippen LogP contribution < -0.4 is 15.4 Å². The van der Waals surface area contributed by atoms with Gasteiger partial charge in [0.05, 0.1) is 18.1 Å². The number of carbonyl (C=O) groups is 3. The van der Waals surface area contributed by atoms with Crippen molar-refractivity contribution in [2.24, 2.45) is 5.92 Å². The Morgan fingerprint density at radius 3 is 2.39 bits per heavy atom. The van der Waals surface area contributed by atoms with E-state index in [4.69, 9.17) is 21.1 Å². The molecular weight excluding hydrogens is 422 g/mol. The summed E-state index contributed by atoms with van der Waals surface area (Å²) in [6.45, 7) is 0.487. The van der Waals surface area contributed by atoms with Crippen LogP contribution in [-0.2, 0) is 14.3 Å². The van der Waals surface area contributed by atoms with Gasteiger partial charge in [0.2, 0.25) is 0 Å². The molecule has 2 N–H and O–H groups in total. The second kappa shape index (κ2) is 10.7. The Morgan fingerprint density at radius 2 is 1.74 bits per heavy atom. The van der Waals surface area contributed by atoms with Crippen LogP contribution in [0, 0.1) is 5.92 Å². The Morgan fingerprint density at radius 1 is 1.03 bits per heavy atom. The van der Waals surface area contributed by atoms with Gasteiger partial charge in [0.1, 0.15) is 5.75 Å². The molecule has 1 aliphatic rings. The van der Waals surface area contributed by atoms with Gasteiger partial charge >= 0.3 is 12.0 Å². The van der Waals surface area contributed by atoms with Gasteiger partial charge in [-0.15, -0.1) is 0 Å². The van der Waals surface area contributed by atoms with Crippen molar-refractivity contribution in [1.82, 2.24) is 4.90 Å². The van der Waals surface area contributed by atoms with Gasteiger partial charge in [0.15, 0.2) is 6.61 Å². The first-order valence-electron chi connectivity index (χ1n) is 9.87. The lowest BCUT2D eigenvalue weighted by Crippen LogP contribution is -2.43. The first-order valence-corrected chi connectivity index (χ1v) is 10.2. The first-order chi connectivity index (χ1) is 15.0. The summed E-state index contributed by atoms with van der Waals surface area (Å²) >= 11 is 6.03. The van der Waals surface area contributed by atoms with Gasteiger partial charge in [-0.2, -0.15) is 0 Å². The number of hydrogen-bond acceptors (Lipinski definition) is 5. The van der Waals surface area contributed by atoms with E-state index in [9.17, 15) is 14.4 Å². The molecule has 31 heavy (non-hydrogen) atoms. The monoisotopic (exact) mass is 445 g/mol. The maximum atomic E-state index is 12.3.